The van der Waals surface area contributed by atoms with E-state index in [0.717, 1.165) is 12.1 Å². The molecule has 0 radical (unpaired) electrons. The molecule has 1 amide bonds. The molecule has 0 saturated heterocycles. The van der Waals surface area contributed by atoms with Crippen LogP contribution in [0.4, 0.5) is 8.78 Å². The zero-order chi connectivity index (χ0) is 14.5. The van der Waals surface area contributed by atoms with Crippen LogP contribution >= 0.6 is 0 Å². The van der Waals surface area contributed by atoms with Crippen molar-refractivity contribution in [2.24, 2.45) is 0 Å². The van der Waals surface area contributed by atoms with E-state index in [1.165, 1.54) is 36.4 Å². The number of carbonyl (C=O) groups is 1. The molecule has 2 aromatic rings. The molecule has 20 heavy (non-hydrogen) atoms. The lowest BCUT2D eigenvalue weighted by atomic mass is 10.1. The molecule has 0 saturated carbocycles. The van der Waals surface area contributed by atoms with Crippen LogP contribution in [0.3, 0.4) is 0 Å². The predicted octanol–water partition coefficient (Wildman–Crippen LogP) is 2.96. The van der Waals surface area contributed by atoms with Crippen molar-refractivity contribution in [1.82, 2.24) is 5.32 Å². The van der Waals surface area contributed by atoms with Gasteiger partial charge in [0.25, 0.3) is 5.91 Å². The molecule has 0 aliphatic carbocycles. The smallest absolute Gasteiger partial charge is 0.252 e. The first-order valence-electron chi connectivity index (χ1n) is 5.81. The number of benzene rings is 2. The highest BCUT2D eigenvalue weighted by molar-refractivity contribution is 5.94. The van der Waals surface area contributed by atoms with Gasteiger partial charge in [-0.25, -0.2) is 8.78 Å². The molecule has 0 unspecified atom stereocenters. The van der Waals surface area contributed by atoms with Gasteiger partial charge in [0.1, 0.15) is 17.7 Å². The molecule has 100 valence electrons. The summed E-state index contributed by atoms with van der Waals surface area (Å²) in [6.07, 6.45) is 0. The van der Waals surface area contributed by atoms with E-state index in [0.29, 0.717) is 5.56 Å². The number of amides is 1. The fourth-order valence-corrected chi connectivity index (χ4v) is 1.66. The minimum absolute atomic E-state index is 0.244. The Hall–Kier alpha value is -2.74. The van der Waals surface area contributed by atoms with Crippen LogP contribution in [-0.4, -0.2) is 5.91 Å². The van der Waals surface area contributed by atoms with E-state index >= 15 is 0 Å². The maximum Gasteiger partial charge on any atom is 0.252 e. The third-order valence-corrected chi connectivity index (χ3v) is 2.71. The van der Waals surface area contributed by atoms with E-state index in [2.05, 4.69) is 5.32 Å². The Morgan fingerprint density at radius 1 is 1.00 bits per heavy atom. The zero-order valence-electron chi connectivity index (χ0n) is 10.3. The van der Waals surface area contributed by atoms with Gasteiger partial charge in [0.05, 0.1) is 6.07 Å². The number of hydrogen-bond acceptors (Lipinski definition) is 2. The number of halogens is 2. The maximum absolute atomic E-state index is 12.8. The lowest BCUT2D eigenvalue weighted by Crippen LogP contribution is -2.27. The molecule has 0 fully saturated rings. The summed E-state index contributed by atoms with van der Waals surface area (Å²) in [5.74, 6) is -1.37. The highest BCUT2D eigenvalue weighted by Gasteiger charge is 2.15. The van der Waals surface area contributed by atoms with Crippen molar-refractivity contribution >= 4 is 5.91 Å². The number of nitrogens with zero attached hydrogens (tertiary/aromatic N) is 1. The number of carbonyl (C=O) groups excluding carboxylic acids is 1. The Balaban J connectivity index is 2.14. The van der Waals surface area contributed by atoms with Crippen LogP contribution in [0, 0.1) is 23.0 Å². The van der Waals surface area contributed by atoms with Crippen molar-refractivity contribution in [2.75, 3.05) is 0 Å². The normalized spacial score (nSPS) is 11.4. The summed E-state index contributed by atoms with van der Waals surface area (Å²) in [7, 11) is 0. The molecular formula is C15H10F2N2O. The highest BCUT2D eigenvalue weighted by Crippen LogP contribution is 2.14. The Bertz CT molecular complexity index is 645. The fraction of sp³-hybridized carbons (Fsp3) is 0.0667. The van der Waals surface area contributed by atoms with Crippen LogP contribution in [-0.2, 0) is 0 Å². The monoisotopic (exact) mass is 272 g/mol. The number of hydrogen-bond donors (Lipinski definition) is 1. The average molecular weight is 272 g/mol. The molecule has 0 aliphatic rings. The van der Waals surface area contributed by atoms with Crippen LogP contribution in [0.15, 0.2) is 48.5 Å². The molecule has 0 heterocycles. The average Bonchev–Trinajstić information content (AvgIpc) is 2.46. The van der Waals surface area contributed by atoms with Gasteiger partial charge in [-0.3, -0.25) is 4.79 Å². The second-order valence-electron chi connectivity index (χ2n) is 4.09. The van der Waals surface area contributed by atoms with Gasteiger partial charge in [0.2, 0.25) is 0 Å². The first-order chi connectivity index (χ1) is 9.60. The quantitative estimate of drug-likeness (QED) is 0.933. The topological polar surface area (TPSA) is 52.9 Å². The molecule has 3 nitrogen and oxygen atoms in total. The lowest BCUT2D eigenvalue weighted by molar-refractivity contribution is 0.0945. The van der Waals surface area contributed by atoms with Crippen LogP contribution in [0.1, 0.15) is 22.0 Å². The van der Waals surface area contributed by atoms with Crippen molar-refractivity contribution in [1.29, 1.82) is 5.26 Å². The zero-order valence-corrected chi connectivity index (χ0v) is 10.3. The Morgan fingerprint density at radius 3 is 2.00 bits per heavy atom. The van der Waals surface area contributed by atoms with Crippen LogP contribution in [0.5, 0.6) is 0 Å². The third kappa shape index (κ3) is 3.18. The first kappa shape index (κ1) is 13.7. The molecule has 1 atom stereocenters. The summed E-state index contributed by atoms with van der Waals surface area (Å²) in [6.45, 7) is 0. The van der Waals surface area contributed by atoms with Crippen molar-refractivity contribution in [3.05, 3.63) is 71.3 Å². The van der Waals surface area contributed by atoms with Crippen molar-refractivity contribution < 1.29 is 13.6 Å². The van der Waals surface area contributed by atoms with E-state index in [1.54, 1.807) is 0 Å². The fourth-order valence-electron chi connectivity index (χ4n) is 1.66. The molecule has 1 N–H and O–H groups in total. The maximum atomic E-state index is 12.8. The van der Waals surface area contributed by atoms with E-state index in [9.17, 15) is 13.6 Å². The summed E-state index contributed by atoms with van der Waals surface area (Å²) < 4.78 is 25.6. The van der Waals surface area contributed by atoms with Crippen molar-refractivity contribution in [3.8, 4) is 6.07 Å². The Morgan fingerprint density at radius 2 is 1.50 bits per heavy atom. The summed E-state index contributed by atoms with van der Waals surface area (Å²) in [4.78, 5) is 11.9. The Labute approximate surface area is 114 Å². The second kappa shape index (κ2) is 5.93. The molecule has 5 heteroatoms. The molecule has 0 spiro atoms. The van der Waals surface area contributed by atoms with E-state index in [1.807, 2.05) is 6.07 Å². The predicted molar refractivity (Wildman–Crippen MR) is 68.6 cm³/mol. The second-order valence-corrected chi connectivity index (χ2v) is 4.09. The number of nitriles is 1. The number of nitrogens with one attached hydrogen (secondary N) is 1. The van der Waals surface area contributed by atoms with E-state index in [-0.39, 0.29) is 5.56 Å². The highest BCUT2D eigenvalue weighted by atomic mass is 19.1. The van der Waals surface area contributed by atoms with E-state index < -0.39 is 23.6 Å². The Kier molecular flexibility index (Phi) is 4.06. The van der Waals surface area contributed by atoms with Gasteiger partial charge < -0.3 is 5.32 Å². The van der Waals surface area contributed by atoms with Gasteiger partial charge in [-0.1, -0.05) is 12.1 Å². The lowest BCUT2D eigenvalue weighted by Gasteiger charge is -2.12. The molecular weight excluding hydrogens is 262 g/mol. The van der Waals surface area contributed by atoms with Crippen LogP contribution in [0.2, 0.25) is 0 Å². The van der Waals surface area contributed by atoms with Gasteiger partial charge >= 0.3 is 0 Å². The number of rotatable bonds is 3. The van der Waals surface area contributed by atoms with Crippen LogP contribution < -0.4 is 5.32 Å². The summed E-state index contributed by atoms with van der Waals surface area (Å²) >= 11 is 0. The van der Waals surface area contributed by atoms with Gasteiger partial charge in [-0.15, -0.1) is 0 Å². The van der Waals surface area contributed by atoms with E-state index in [4.69, 9.17) is 5.26 Å². The molecule has 2 aromatic carbocycles. The summed E-state index contributed by atoms with van der Waals surface area (Å²) in [5.41, 5.74) is 0.720. The molecule has 0 aliphatic heterocycles. The minimum Gasteiger partial charge on any atom is -0.333 e. The van der Waals surface area contributed by atoms with Crippen molar-refractivity contribution in [3.63, 3.8) is 0 Å². The van der Waals surface area contributed by atoms with Crippen LogP contribution in [0.25, 0.3) is 0 Å². The minimum atomic E-state index is -0.895. The summed E-state index contributed by atoms with van der Waals surface area (Å²) in [5, 5.41) is 11.6. The first-order valence-corrected chi connectivity index (χ1v) is 5.81. The summed E-state index contributed by atoms with van der Waals surface area (Å²) in [6, 6.07) is 11.3. The molecule has 0 aromatic heterocycles. The molecule has 0 bridgehead atoms. The third-order valence-electron chi connectivity index (χ3n) is 2.71. The van der Waals surface area contributed by atoms with Gasteiger partial charge in [0.15, 0.2) is 0 Å². The van der Waals surface area contributed by atoms with Gasteiger partial charge in [-0.2, -0.15) is 5.26 Å². The molecule has 2 rings (SSSR count). The SMILES string of the molecule is N#C[C@@H](NC(=O)c1ccc(F)cc1)c1ccc(F)cc1. The van der Waals surface area contributed by atoms with Gasteiger partial charge in [-0.05, 0) is 42.0 Å². The standard InChI is InChI=1S/C15H10F2N2O/c16-12-5-1-10(2-6-12)14(9-18)19-15(20)11-3-7-13(17)8-4-11/h1-8,14H,(H,19,20)/t14-/m1/s1. The van der Waals surface area contributed by atoms with Crippen molar-refractivity contribution in [2.45, 2.75) is 6.04 Å². The largest absolute Gasteiger partial charge is 0.333 e. The van der Waals surface area contributed by atoms with Gasteiger partial charge in [0, 0.05) is 5.56 Å².